The predicted octanol–water partition coefficient (Wildman–Crippen LogP) is 3.02. The number of ether oxygens (including phenoxy) is 2. The average Bonchev–Trinajstić information content (AvgIpc) is 2.27. The molecule has 0 heterocycles. The van der Waals surface area contributed by atoms with Crippen molar-refractivity contribution in [3.8, 4) is 11.5 Å². The maximum atomic E-state index is 5.25. The van der Waals surface area contributed by atoms with Crippen LogP contribution in [0, 0.1) is 7.11 Å². The van der Waals surface area contributed by atoms with Gasteiger partial charge in [-0.05, 0) is 12.1 Å². The topological polar surface area (TPSA) is 18.5 Å². The van der Waals surface area contributed by atoms with E-state index < -0.39 is 0 Å². The van der Waals surface area contributed by atoms with Crippen molar-refractivity contribution in [2.45, 2.75) is 0 Å². The highest BCUT2D eigenvalue weighted by Crippen LogP contribution is 2.32. The Morgan fingerprint density at radius 3 is 2.07 bits per heavy atom. The third-order valence-corrected chi connectivity index (χ3v) is 2.22. The minimum absolute atomic E-state index is 0.765. The first kappa shape index (κ1) is 8.88. The third kappa shape index (κ3) is 1.29. The summed E-state index contributed by atoms with van der Waals surface area (Å²) in [6, 6.07) is 11.6. The van der Waals surface area contributed by atoms with Gasteiger partial charge in [0.05, 0.1) is 7.11 Å². The van der Waals surface area contributed by atoms with Crippen molar-refractivity contribution in [2.75, 3.05) is 7.11 Å². The van der Waals surface area contributed by atoms with Crippen LogP contribution in [-0.2, 0) is 0 Å². The molecule has 14 heavy (non-hydrogen) atoms. The molecular formula is C12H11O2. The highest BCUT2D eigenvalue weighted by molar-refractivity contribution is 5.93. The lowest BCUT2D eigenvalue weighted by atomic mass is 10.1. The Morgan fingerprint density at radius 1 is 0.929 bits per heavy atom. The molecule has 0 fully saturated rings. The molecule has 2 heteroatoms. The van der Waals surface area contributed by atoms with E-state index in [1.54, 1.807) is 7.11 Å². The van der Waals surface area contributed by atoms with Gasteiger partial charge in [0, 0.05) is 10.8 Å². The van der Waals surface area contributed by atoms with Crippen molar-refractivity contribution in [2.24, 2.45) is 0 Å². The summed E-state index contributed by atoms with van der Waals surface area (Å²) in [5.74, 6) is 1.61. The molecule has 0 bridgehead atoms. The van der Waals surface area contributed by atoms with Gasteiger partial charge in [0.2, 0.25) is 0 Å². The molecule has 0 saturated heterocycles. The number of methoxy groups -OCH3 is 1. The van der Waals surface area contributed by atoms with Crippen molar-refractivity contribution in [3.05, 3.63) is 43.5 Å². The van der Waals surface area contributed by atoms with E-state index in [0.29, 0.717) is 0 Å². The third-order valence-electron chi connectivity index (χ3n) is 2.22. The molecule has 71 valence electrons. The van der Waals surface area contributed by atoms with Crippen LogP contribution in [0.5, 0.6) is 11.5 Å². The Morgan fingerprint density at radius 2 is 1.50 bits per heavy atom. The summed E-state index contributed by atoms with van der Waals surface area (Å²) in [4.78, 5) is 0. The van der Waals surface area contributed by atoms with Crippen LogP contribution in [0.4, 0.5) is 0 Å². The maximum absolute atomic E-state index is 5.25. The van der Waals surface area contributed by atoms with E-state index in [1.807, 2.05) is 36.4 Å². The lowest BCUT2D eigenvalue weighted by Gasteiger charge is -2.08. The van der Waals surface area contributed by atoms with Crippen molar-refractivity contribution in [1.82, 2.24) is 0 Å². The van der Waals surface area contributed by atoms with Crippen molar-refractivity contribution in [1.29, 1.82) is 0 Å². The van der Waals surface area contributed by atoms with E-state index in [2.05, 4.69) is 7.11 Å². The molecular weight excluding hydrogens is 176 g/mol. The van der Waals surface area contributed by atoms with Gasteiger partial charge in [-0.1, -0.05) is 24.3 Å². The smallest absolute Gasteiger partial charge is 0.127 e. The first-order chi connectivity index (χ1) is 6.86. The molecule has 0 saturated carbocycles. The average molecular weight is 187 g/mol. The summed E-state index contributed by atoms with van der Waals surface area (Å²) < 4.78 is 10.3. The molecule has 2 aromatic rings. The normalized spacial score (nSPS) is 10.1. The minimum atomic E-state index is 0.765. The summed E-state index contributed by atoms with van der Waals surface area (Å²) in [5, 5.41) is 2.05. The monoisotopic (exact) mass is 187 g/mol. The van der Waals surface area contributed by atoms with Gasteiger partial charge < -0.3 is 9.47 Å². The Kier molecular flexibility index (Phi) is 2.27. The van der Waals surface area contributed by atoms with E-state index in [1.165, 1.54) is 0 Å². The zero-order valence-corrected chi connectivity index (χ0v) is 7.99. The van der Waals surface area contributed by atoms with Crippen LogP contribution >= 0.6 is 0 Å². The lowest BCUT2D eigenvalue weighted by molar-refractivity contribution is 0.418. The van der Waals surface area contributed by atoms with Crippen LogP contribution < -0.4 is 9.47 Å². The van der Waals surface area contributed by atoms with E-state index in [4.69, 9.17) is 9.47 Å². The maximum Gasteiger partial charge on any atom is 0.127 e. The Balaban J connectivity index is 2.78. The van der Waals surface area contributed by atoms with Crippen LogP contribution in [0.15, 0.2) is 36.4 Å². The number of hydrogen-bond donors (Lipinski definition) is 0. The number of benzene rings is 2. The van der Waals surface area contributed by atoms with Crippen molar-refractivity contribution in [3.63, 3.8) is 0 Å². The number of hydrogen-bond acceptors (Lipinski definition) is 2. The fourth-order valence-electron chi connectivity index (χ4n) is 1.55. The molecule has 1 radical (unpaired) electrons. The molecule has 0 aliphatic heterocycles. The zero-order chi connectivity index (χ0) is 9.97. The molecule has 0 N–H and O–H groups in total. The minimum Gasteiger partial charge on any atom is -0.496 e. The van der Waals surface area contributed by atoms with Crippen LogP contribution in [0.1, 0.15) is 0 Å². The lowest BCUT2D eigenvalue weighted by Crippen LogP contribution is -1.87. The summed E-state index contributed by atoms with van der Waals surface area (Å²) in [6.45, 7) is 0. The zero-order valence-electron chi connectivity index (χ0n) is 7.99. The van der Waals surface area contributed by atoms with Crippen LogP contribution in [0.3, 0.4) is 0 Å². The summed E-state index contributed by atoms with van der Waals surface area (Å²) in [6.07, 6.45) is 0. The van der Waals surface area contributed by atoms with Gasteiger partial charge in [0.15, 0.2) is 0 Å². The quantitative estimate of drug-likeness (QED) is 0.719. The second-order valence-corrected chi connectivity index (χ2v) is 2.96. The molecule has 0 atom stereocenters. The Bertz CT molecular complexity index is 407. The largest absolute Gasteiger partial charge is 0.496 e. The van der Waals surface area contributed by atoms with E-state index in [9.17, 15) is 0 Å². The van der Waals surface area contributed by atoms with Gasteiger partial charge in [-0.3, -0.25) is 0 Å². The van der Waals surface area contributed by atoms with Gasteiger partial charge in [0.25, 0.3) is 0 Å². The Hall–Kier alpha value is -1.70. The second-order valence-electron chi connectivity index (χ2n) is 2.96. The molecule has 2 rings (SSSR count). The highest BCUT2D eigenvalue weighted by Gasteiger charge is 2.04. The SMILES string of the molecule is [CH2]Oc1ccc(OC)c2ccccc12. The van der Waals surface area contributed by atoms with Crippen molar-refractivity contribution < 1.29 is 9.47 Å². The molecule has 2 nitrogen and oxygen atoms in total. The molecule has 2 aromatic carbocycles. The Labute approximate surface area is 83.1 Å². The van der Waals surface area contributed by atoms with Crippen molar-refractivity contribution >= 4 is 10.8 Å². The number of rotatable bonds is 2. The fraction of sp³-hybridized carbons (Fsp3) is 0.0833. The summed E-state index contributed by atoms with van der Waals surface area (Å²) >= 11 is 0. The van der Waals surface area contributed by atoms with Crippen LogP contribution in [0.25, 0.3) is 10.8 Å². The summed E-state index contributed by atoms with van der Waals surface area (Å²) in [5.41, 5.74) is 0. The van der Waals surface area contributed by atoms with Gasteiger partial charge >= 0.3 is 0 Å². The molecule has 0 amide bonds. The highest BCUT2D eigenvalue weighted by atomic mass is 16.5. The molecule has 0 aromatic heterocycles. The first-order valence-electron chi connectivity index (χ1n) is 4.34. The molecule has 0 spiro atoms. The van der Waals surface area contributed by atoms with E-state index >= 15 is 0 Å². The molecule has 0 aliphatic rings. The van der Waals surface area contributed by atoms with Gasteiger partial charge in [-0.25, -0.2) is 0 Å². The van der Waals surface area contributed by atoms with E-state index in [-0.39, 0.29) is 0 Å². The summed E-state index contributed by atoms with van der Waals surface area (Å²) in [7, 11) is 5.08. The molecule has 0 unspecified atom stereocenters. The standard InChI is InChI=1S/C12H11O2/c1-13-11-7-8-12(14-2)10-6-4-3-5-9(10)11/h3-8H,1H2,2H3. The fourth-order valence-corrected chi connectivity index (χ4v) is 1.55. The predicted molar refractivity (Wildman–Crippen MR) is 56.5 cm³/mol. The van der Waals surface area contributed by atoms with Gasteiger partial charge in [-0.2, -0.15) is 0 Å². The van der Waals surface area contributed by atoms with Gasteiger partial charge in [0.1, 0.15) is 18.6 Å². The first-order valence-corrected chi connectivity index (χ1v) is 4.34. The molecule has 0 aliphatic carbocycles. The van der Waals surface area contributed by atoms with Crippen LogP contribution in [0.2, 0.25) is 0 Å². The van der Waals surface area contributed by atoms with Crippen LogP contribution in [-0.4, -0.2) is 7.11 Å². The van der Waals surface area contributed by atoms with Gasteiger partial charge in [-0.15, -0.1) is 0 Å². The number of fused-ring (bicyclic) bond motifs is 1. The second kappa shape index (κ2) is 3.58. The van der Waals surface area contributed by atoms with E-state index in [0.717, 1.165) is 22.3 Å².